The van der Waals surface area contributed by atoms with Crippen molar-refractivity contribution in [3.8, 4) is 0 Å². The molecular weight excluding hydrogens is 298 g/mol. The number of ether oxygens (including phenoxy) is 1. The van der Waals surface area contributed by atoms with Gasteiger partial charge in [-0.25, -0.2) is 9.78 Å². The number of nitrogens with one attached hydrogen (secondary N) is 2. The summed E-state index contributed by atoms with van der Waals surface area (Å²) in [5, 5.41) is 8.83. The Bertz CT molecular complexity index is 684. The van der Waals surface area contributed by atoms with Crippen molar-refractivity contribution < 1.29 is 9.53 Å². The zero-order valence-corrected chi connectivity index (χ0v) is 13.5. The number of amides is 2. The molecule has 3 rings (SSSR count). The Kier molecular flexibility index (Phi) is 4.40. The lowest BCUT2D eigenvalue weighted by Crippen LogP contribution is -2.31. The standard InChI is InChI=1S/C16H19N3O2S/c1-10(15-18-11(2)9-22-15)6-17-16(20)19-14-4-3-12-7-21-8-13(12)5-14/h3-5,9-10H,6-8H2,1-2H3,(H2,17,19,20)/t10-/m1/s1. The first kappa shape index (κ1) is 15.0. The normalized spacial score (nSPS) is 14.5. The van der Waals surface area contributed by atoms with Crippen LogP contribution in [0.25, 0.3) is 0 Å². The van der Waals surface area contributed by atoms with Gasteiger partial charge in [0.25, 0.3) is 0 Å². The molecule has 1 aliphatic heterocycles. The molecule has 2 heterocycles. The average molecular weight is 317 g/mol. The van der Waals surface area contributed by atoms with Gasteiger partial charge in [0.1, 0.15) is 0 Å². The number of rotatable bonds is 4. The van der Waals surface area contributed by atoms with Gasteiger partial charge < -0.3 is 15.4 Å². The van der Waals surface area contributed by atoms with Crippen molar-refractivity contribution in [1.29, 1.82) is 0 Å². The van der Waals surface area contributed by atoms with Crippen molar-refractivity contribution in [1.82, 2.24) is 10.3 Å². The van der Waals surface area contributed by atoms with E-state index in [0.717, 1.165) is 22.0 Å². The molecule has 0 saturated carbocycles. The van der Waals surface area contributed by atoms with Crippen molar-refractivity contribution in [2.24, 2.45) is 0 Å². The van der Waals surface area contributed by atoms with Crippen LogP contribution in [0.2, 0.25) is 0 Å². The van der Waals surface area contributed by atoms with Gasteiger partial charge in [-0.1, -0.05) is 13.0 Å². The van der Waals surface area contributed by atoms with Crippen LogP contribution >= 0.6 is 11.3 Å². The zero-order chi connectivity index (χ0) is 15.5. The fourth-order valence-electron chi connectivity index (χ4n) is 2.36. The second-order valence-electron chi connectivity index (χ2n) is 5.54. The molecule has 1 aromatic carbocycles. The summed E-state index contributed by atoms with van der Waals surface area (Å²) in [6.45, 7) is 5.88. The summed E-state index contributed by atoms with van der Waals surface area (Å²) >= 11 is 1.63. The molecule has 6 heteroatoms. The molecule has 0 radical (unpaired) electrons. The van der Waals surface area contributed by atoms with Crippen molar-refractivity contribution in [2.45, 2.75) is 33.0 Å². The lowest BCUT2D eigenvalue weighted by atomic mass is 10.1. The second-order valence-corrected chi connectivity index (χ2v) is 6.43. The number of anilines is 1. The number of aryl methyl sites for hydroxylation is 1. The van der Waals surface area contributed by atoms with Crippen LogP contribution in [-0.2, 0) is 18.0 Å². The summed E-state index contributed by atoms with van der Waals surface area (Å²) in [6.07, 6.45) is 0. The molecule has 0 bridgehead atoms. The van der Waals surface area contributed by atoms with Gasteiger partial charge in [0.15, 0.2) is 0 Å². The number of thiazole rings is 1. The predicted molar refractivity (Wildman–Crippen MR) is 87.2 cm³/mol. The number of carbonyl (C=O) groups excluding carboxylic acids is 1. The van der Waals surface area contributed by atoms with Crippen LogP contribution in [-0.4, -0.2) is 17.6 Å². The van der Waals surface area contributed by atoms with E-state index in [4.69, 9.17) is 4.74 Å². The van der Waals surface area contributed by atoms with Crippen LogP contribution in [0, 0.1) is 6.92 Å². The maximum Gasteiger partial charge on any atom is 0.319 e. The number of carbonyl (C=O) groups is 1. The van der Waals surface area contributed by atoms with Crippen LogP contribution in [0.3, 0.4) is 0 Å². The molecule has 2 aromatic rings. The first-order chi connectivity index (χ1) is 10.6. The van der Waals surface area contributed by atoms with Gasteiger partial charge in [-0.15, -0.1) is 11.3 Å². The van der Waals surface area contributed by atoms with Crippen molar-refractivity contribution in [3.63, 3.8) is 0 Å². The van der Waals surface area contributed by atoms with Gasteiger partial charge in [-0.05, 0) is 30.2 Å². The highest BCUT2D eigenvalue weighted by Crippen LogP contribution is 2.23. The van der Waals surface area contributed by atoms with Gasteiger partial charge in [0.05, 0.1) is 18.2 Å². The Morgan fingerprint density at radius 1 is 1.41 bits per heavy atom. The third-order valence-electron chi connectivity index (χ3n) is 3.61. The highest BCUT2D eigenvalue weighted by atomic mass is 32.1. The Hall–Kier alpha value is -1.92. The van der Waals surface area contributed by atoms with Crippen LogP contribution in [0.5, 0.6) is 0 Å². The fraction of sp³-hybridized carbons (Fsp3) is 0.375. The lowest BCUT2D eigenvalue weighted by Gasteiger charge is -2.12. The molecule has 0 fully saturated rings. The van der Waals surface area contributed by atoms with E-state index >= 15 is 0 Å². The number of hydrogen-bond acceptors (Lipinski definition) is 4. The molecule has 1 atom stereocenters. The molecule has 0 aliphatic carbocycles. The van der Waals surface area contributed by atoms with Crippen LogP contribution < -0.4 is 10.6 Å². The summed E-state index contributed by atoms with van der Waals surface area (Å²) in [5.74, 6) is 0.206. The topological polar surface area (TPSA) is 63.2 Å². The lowest BCUT2D eigenvalue weighted by molar-refractivity contribution is 0.134. The van der Waals surface area contributed by atoms with Gasteiger partial charge >= 0.3 is 6.03 Å². The van der Waals surface area contributed by atoms with Crippen molar-refractivity contribution >= 4 is 23.1 Å². The van der Waals surface area contributed by atoms with E-state index in [1.807, 2.05) is 30.5 Å². The number of urea groups is 1. The van der Waals surface area contributed by atoms with Crippen molar-refractivity contribution in [3.05, 3.63) is 45.4 Å². The monoisotopic (exact) mass is 317 g/mol. The molecule has 2 amide bonds. The molecule has 0 unspecified atom stereocenters. The Morgan fingerprint density at radius 3 is 3.00 bits per heavy atom. The second kappa shape index (κ2) is 6.46. The highest BCUT2D eigenvalue weighted by molar-refractivity contribution is 7.09. The number of benzene rings is 1. The molecule has 116 valence electrons. The van der Waals surface area contributed by atoms with Crippen LogP contribution in [0.4, 0.5) is 10.5 Å². The van der Waals surface area contributed by atoms with E-state index < -0.39 is 0 Å². The highest BCUT2D eigenvalue weighted by Gasteiger charge is 2.13. The number of nitrogens with zero attached hydrogens (tertiary/aromatic N) is 1. The van der Waals surface area contributed by atoms with Gasteiger partial charge in [-0.3, -0.25) is 0 Å². The SMILES string of the molecule is Cc1csc([C@H](C)CNC(=O)Nc2ccc3c(c2)COC3)n1. The van der Waals surface area contributed by atoms with Gasteiger partial charge in [0.2, 0.25) is 0 Å². The number of fused-ring (bicyclic) bond motifs is 1. The zero-order valence-electron chi connectivity index (χ0n) is 12.7. The molecule has 0 saturated heterocycles. The van der Waals surface area contributed by atoms with E-state index in [0.29, 0.717) is 19.8 Å². The summed E-state index contributed by atoms with van der Waals surface area (Å²) in [6, 6.07) is 5.67. The Morgan fingerprint density at radius 2 is 2.23 bits per heavy atom. The minimum absolute atomic E-state index is 0.195. The molecule has 5 nitrogen and oxygen atoms in total. The van der Waals surface area contributed by atoms with Gasteiger partial charge in [-0.2, -0.15) is 0 Å². The summed E-state index contributed by atoms with van der Waals surface area (Å²) in [5.41, 5.74) is 4.15. The molecule has 2 N–H and O–H groups in total. The summed E-state index contributed by atoms with van der Waals surface area (Å²) in [4.78, 5) is 16.4. The Labute approximate surface area is 133 Å². The van der Waals surface area contributed by atoms with E-state index in [2.05, 4.69) is 22.5 Å². The maximum atomic E-state index is 12.0. The molecule has 22 heavy (non-hydrogen) atoms. The molecule has 1 aliphatic rings. The third kappa shape index (κ3) is 3.45. The van der Waals surface area contributed by atoms with E-state index in [1.54, 1.807) is 11.3 Å². The van der Waals surface area contributed by atoms with E-state index in [1.165, 1.54) is 5.56 Å². The quantitative estimate of drug-likeness (QED) is 0.908. The number of hydrogen-bond donors (Lipinski definition) is 2. The largest absolute Gasteiger partial charge is 0.372 e. The molecule has 1 aromatic heterocycles. The molecular formula is C16H19N3O2S. The van der Waals surface area contributed by atoms with Crippen LogP contribution in [0.1, 0.15) is 34.7 Å². The first-order valence-electron chi connectivity index (χ1n) is 7.28. The summed E-state index contributed by atoms with van der Waals surface area (Å²) < 4.78 is 5.37. The molecule has 0 spiro atoms. The predicted octanol–water partition coefficient (Wildman–Crippen LogP) is 3.41. The number of aromatic nitrogens is 1. The van der Waals surface area contributed by atoms with Gasteiger partial charge in [0, 0.05) is 29.2 Å². The van der Waals surface area contributed by atoms with Crippen LogP contribution in [0.15, 0.2) is 23.6 Å². The summed E-state index contributed by atoms with van der Waals surface area (Å²) in [7, 11) is 0. The third-order valence-corrected chi connectivity index (χ3v) is 4.80. The average Bonchev–Trinajstić information content (AvgIpc) is 3.13. The smallest absolute Gasteiger partial charge is 0.319 e. The van der Waals surface area contributed by atoms with Crippen molar-refractivity contribution in [2.75, 3.05) is 11.9 Å². The minimum atomic E-state index is -0.195. The van der Waals surface area contributed by atoms with E-state index in [9.17, 15) is 4.79 Å². The minimum Gasteiger partial charge on any atom is -0.372 e. The van der Waals surface area contributed by atoms with E-state index in [-0.39, 0.29) is 11.9 Å². The Balaban J connectivity index is 1.52. The fourth-order valence-corrected chi connectivity index (χ4v) is 3.21. The first-order valence-corrected chi connectivity index (χ1v) is 8.16. The maximum absolute atomic E-state index is 12.0.